The molecule has 2 aliphatic rings. The van der Waals surface area contributed by atoms with Gasteiger partial charge in [0, 0.05) is 19.1 Å². The van der Waals surface area contributed by atoms with E-state index in [1.807, 2.05) is 4.90 Å². The van der Waals surface area contributed by atoms with E-state index in [4.69, 9.17) is 4.74 Å². The normalized spacial score (nSPS) is 23.3. The van der Waals surface area contributed by atoms with Gasteiger partial charge in [-0.05, 0) is 12.8 Å². The number of ether oxygens (including phenoxy) is 1. The van der Waals surface area contributed by atoms with Crippen molar-refractivity contribution in [2.45, 2.75) is 31.7 Å². The second-order valence-corrected chi connectivity index (χ2v) is 4.36. The number of carbonyl (C=O) groups is 1. The lowest BCUT2D eigenvalue weighted by Crippen LogP contribution is -2.46. The molecule has 15 heavy (non-hydrogen) atoms. The Morgan fingerprint density at radius 2 is 1.93 bits per heavy atom. The molecule has 1 saturated heterocycles. The standard InChI is InChI=1S/C11H20N2O2/c14-11(13-5-7-15-8-6-13)9-12-10-3-1-2-4-10/h10,12H,1-9H2. The number of hydrogen-bond donors (Lipinski definition) is 1. The lowest BCUT2D eigenvalue weighted by Gasteiger charge is -2.27. The maximum Gasteiger partial charge on any atom is 0.236 e. The van der Waals surface area contributed by atoms with Crippen LogP contribution in [-0.4, -0.2) is 49.7 Å². The Kier molecular flexibility index (Phi) is 3.97. The molecule has 1 saturated carbocycles. The minimum atomic E-state index is 0.227. The van der Waals surface area contributed by atoms with Crippen LogP contribution in [0.4, 0.5) is 0 Å². The first-order chi connectivity index (χ1) is 7.36. The van der Waals surface area contributed by atoms with Gasteiger partial charge in [-0.3, -0.25) is 4.79 Å². The third-order valence-corrected chi connectivity index (χ3v) is 3.26. The van der Waals surface area contributed by atoms with Crippen molar-refractivity contribution >= 4 is 5.91 Å². The fraction of sp³-hybridized carbons (Fsp3) is 0.909. The molecule has 0 radical (unpaired) electrons. The van der Waals surface area contributed by atoms with Gasteiger partial charge in [0.15, 0.2) is 0 Å². The van der Waals surface area contributed by atoms with Crippen molar-refractivity contribution in [3.8, 4) is 0 Å². The Hall–Kier alpha value is -0.610. The minimum Gasteiger partial charge on any atom is -0.378 e. The maximum atomic E-state index is 11.8. The van der Waals surface area contributed by atoms with Crippen molar-refractivity contribution in [3.05, 3.63) is 0 Å². The van der Waals surface area contributed by atoms with E-state index in [2.05, 4.69) is 5.32 Å². The molecule has 0 bridgehead atoms. The van der Waals surface area contributed by atoms with Gasteiger partial charge in [-0.15, -0.1) is 0 Å². The highest BCUT2D eigenvalue weighted by atomic mass is 16.5. The van der Waals surface area contributed by atoms with E-state index in [0.29, 0.717) is 25.8 Å². The molecule has 0 aromatic heterocycles. The zero-order chi connectivity index (χ0) is 10.5. The van der Waals surface area contributed by atoms with Crippen molar-refractivity contribution < 1.29 is 9.53 Å². The first-order valence-corrected chi connectivity index (χ1v) is 5.95. The fourth-order valence-electron chi connectivity index (χ4n) is 2.29. The van der Waals surface area contributed by atoms with Crippen LogP contribution in [0.3, 0.4) is 0 Å². The Bertz CT molecular complexity index is 209. The van der Waals surface area contributed by atoms with E-state index in [9.17, 15) is 4.79 Å². The highest BCUT2D eigenvalue weighted by molar-refractivity contribution is 5.78. The van der Waals surface area contributed by atoms with Crippen LogP contribution in [0.25, 0.3) is 0 Å². The van der Waals surface area contributed by atoms with Gasteiger partial charge in [0.25, 0.3) is 0 Å². The molecule has 2 rings (SSSR count). The molecule has 1 amide bonds. The third-order valence-electron chi connectivity index (χ3n) is 3.26. The minimum absolute atomic E-state index is 0.227. The van der Waals surface area contributed by atoms with E-state index < -0.39 is 0 Å². The van der Waals surface area contributed by atoms with Crippen LogP contribution in [-0.2, 0) is 9.53 Å². The number of rotatable bonds is 3. The van der Waals surface area contributed by atoms with Gasteiger partial charge in [0.1, 0.15) is 0 Å². The van der Waals surface area contributed by atoms with Gasteiger partial charge in [-0.1, -0.05) is 12.8 Å². The Morgan fingerprint density at radius 1 is 1.27 bits per heavy atom. The van der Waals surface area contributed by atoms with E-state index in [0.717, 1.165) is 13.1 Å². The molecule has 0 aromatic rings. The second-order valence-electron chi connectivity index (χ2n) is 4.36. The summed E-state index contributed by atoms with van der Waals surface area (Å²) in [5.41, 5.74) is 0. The fourth-order valence-corrected chi connectivity index (χ4v) is 2.29. The molecule has 4 nitrogen and oxygen atoms in total. The molecular weight excluding hydrogens is 192 g/mol. The van der Waals surface area contributed by atoms with Crippen LogP contribution in [0.15, 0.2) is 0 Å². The SMILES string of the molecule is O=C(CNC1CCCC1)N1CCOCC1. The smallest absolute Gasteiger partial charge is 0.236 e. The predicted octanol–water partition coefficient (Wildman–Crippen LogP) is 0.377. The molecule has 0 atom stereocenters. The van der Waals surface area contributed by atoms with Crippen molar-refractivity contribution in [3.63, 3.8) is 0 Å². The van der Waals surface area contributed by atoms with E-state index in [1.54, 1.807) is 0 Å². The summed E-state index contributed by atoms with van der Waals surface area (Å²) in [5.74, 6) is 0.227. The lowest BCUT2D eigenvalue weighted by molar-refractivity contribution is -0.134. The first-order valence-electron chi connectivity index (χ1n) is 5.95. The summed E-state index contributed by atoms with van der Waals surface area (Å²) in [6.07, 6.45) is 5.08. The number of morpholine rings is 1. The van der Waals surface area contributed by atoms with Crippen molar-refractivity contribution in [2.75, 3.05) is 32.8 Å². The molecule has 0 unspecified atom stereocenters. The Balaban J connectivity index is 1.66. The molecule has 4 heteroatoms. The number of nitrogens with zero attached hydrogens (tertiary/aromatic N) is 1. The molecule has 0 aromatic carbocycles. The average Bonchev–Trinajstić information content (AvgIpc) is 2.80. The van der Waals surface area contributed by atoms with Gasteiger partial charge in [0.2, 0.25) is 5.91 Å². The molecule has 1 aliphatic heterocycles. The van der Waals surface area contributed by atoms with Crippen LogP contribution >= 0.6 is 0 Å². The summed E-state index contributed by atoms with van der Waals surface area (Å²) in [5, 5.41) is 3.35. The van der Waals surface area contributed by atoms with Crippen molar-refractivity contribution in [1.29, 1.82) is 0 Å². The summed E-state index contributed by atoms with van der Waals surface area (Å²) < 4.78 is 5.21. The third kappa shape index (κ3) is 3.18. The quantitative estimate of drug-likeness (QED) is 0.735. The molecule has 1 heterocycles. The number of carbonyl (C=O) groups excluding carboxylic acids is 1. The molecule has 1 aliphatic carbocycles. The molecule has 0 spiro atoms. The van der Waals surface area contributed by atoms with Gasteiger partial charge >= 0.3 is 0 Å². The summed E-state index contributed by atoms with van der Waals surface area (Å²) >= 11 is 0. The van der Waals surface area contributed by atoms with Crippen molar-refractivity contribution in [2.24, 2.45) is 0 Å². The largest absolute Gasteiger partial charge is 0.378 e. The molecular formula is C11H20N2O2. The predicted molar refractivity (Wildman–Crippen MR) is 57.7 cm³/mol. The van der Waals surface area contributed by atoms with Crippen molar-refractivity contribution in [1.82, 2.24) is 10.2 Å². The van der Waals surface area contributed by atoms with E-state index in [-0.39, 0.29) is 5.91 Å². The summed E-state index contributed by atoms with van der Waals surface area (Å²) in [6.45, 7) is 3.39. The summed E-state index contributed by atoms with van der Waals surface area (Å²) in [4.78, 5) is 13.7. The van der Waals surface area contributed by atoms with Crippen LogP contribution in [0, 0.1) is 0 Å². The van der Waals surface area contributed by atoms with Crippen LogP contribution in [0.5, 0.6) is 0 Å². The Morgan fingerprint density at radius 3 is 2.60 bits per heavy atom. The van der Waals surface area contributed by atoms with Gasteiger partial charge in [0.05, 0.1) is 19.8 Å². The van der Waals surface area contributed by atoms with Crippen LogP contribution < -0.4 is 5.32 Å². The van der Waals surface area contributed by atoms with Crippen LogP contribution in [0.2, 0.25) is 0 Å². The highest BCUT2D eigenvalue weighted by Crippen LogP contribution is 2.17. The van der Waals surface area contributed by atoms with E-state index in [1.165, 1.54) is 25.7 Å². The average molecular weight is 212 g/mol. The second kappa shape index (κ2) is 5.47. The number of amides is 1. The zero-order valence-electron chi connectivity index (χ0n) is 9.21. The molecule has 86 valence electrons. The van der Waals surface area contributed by atoms with Gasteiger partial charge < -0.3 is 15.0 Å². The molecule has 2 fully saturated rings. The van der Waals surface area contributed by atoms with Crippen LogP contribution in [0.1, 0.15) is 25.7 Å². The topological polar surface area (TPSA) is 41.6 Å². The van der Waals surface area contributed by atoms with Gasteiger partial charge in [-0.2, -0.15) is 0 Å². The number of hydrogen-bond acceptors (Lipinski definition) is 3. The summed E-state index contributed by atoms with van der Waals surface area (Å²) in [6, 6.07) is 0.579. The Labute approximate surface area is 91.0 Å². The lowest BCUT2D eigenvalue weighted by atomic mass is 10.2. The monoisotopic (exact) mass is 212 g/mol. The van der Waals surface area contributed by atoms with E-state index >= 15 is 0 Å². The highest BCUT2D eigenvalue weighted by Gasteiger charge is 2.19. The first kappa shape index (κ1) is 10.9. The zero-order valence-corrected chi connectivity index (χ0v) is 9.21. The summed E-state index contributed by atoms with van der Waals surface area (Å²) in [7, 11) is 0. The van der Waals surface area contributed by atoms with Gasteiger partial charge in [-0.25, -0.2) is 0 Å². The molecule has 1 N–H and O–H groups in total. The maximum absolute atomic E-state index is 11.8. The number of nitrogens with one attached hydrogen (secondary N) is 1.